The summed E-state index contributed by atoms with van der Waals surface area (Å²) in [5.74, 6) is 1.46. The van der Waals surface area contributed by atoms with Gasteiger partial charge >= 0.3 is 7.69 Å². The van der Waals surface area contributed by atoms with Crippen molar-refractivity contribution in [1.29, 1.82) is 0 Å². The van der Waals surface area contributed by atoms with Crippen LogP contribution in [0.1, 0.15) is 11.1 Å². The molecule has 1 N–H and O–H groups in total. The number of rotatable bonds is 3. The fraction of sp³-hybridized carbons (Fsp3) is 0.333. The first kappa shape index (κ1) is 9.93. The maximum absolute atomic E-state index is 8.52. The van der Waals surface area contributed by atoms with Gasteiger partial charge in [0, 0.05) is 0 Å². The van der Waals surface area contributed by atoms with E-state index in [-0.39, 0.29) is 0 Å². The lowest BCUT2D eigenvalue weighted by Gasteiger charge is -2.11. The zero-order chi connectivity index (χ0) is 9.84. The predicted octanol–water partition coefficient (Wildman–Crippen LogP) is 1.22. The van der Waals surface area contributed by atoms with Crippen LogP contribution in [0, 0.1) is 13.8 Å². The number of aryl methyl sites for hydroxylation is 2. The Bertz CT molecular complexity index is 276. The lowest BCUT2D eigenvalue weighted by atomic mass is 10.1. The second-order valence-corrected chi connectivity index (χ2v) is 2.81. The van der Waals surface area contributed by atoms with Crippen molar-refractivity contribution in [1.82, 2.24) is 0 Å². The molecular formula is C9H12BO3. The van der Waals surface area contributed by atoms with E-state index in [1.165, 1.54) is 0 Å². The van der Waals surface area contributed by atoms with Crippen LogP contribution in [0.2, 0.25) is 0 Å². The largest absolute Gasteiger partial charge is 0.569 e. The van der Waals surface area contributed by atoms with Crippen LogP contribution in [0.25, 0.3) is 0 Å². The van der Waals surface area contributed by atoms with E-state index < -0.39 is 0 Å². The number of benzene rings is 1. The first-order chi connectivity index (χ1) is 6.19. The molecule has 0 aliphatic rings. The molecular weight excluding hydrogens is 167 g/mol. The second kappa shape index (κ2) is 4.19. The molecule has 3 nitrogen and oxygen atoms in total. The molecule has 1 aromatic rings. The Morgan fingerprint density at radius 2 is 1.77 bits per heavy atom. The molecule has 69 valence electrons. The normalized spacial score (nSPS) is 9.54. The van der Waals surface area contributed by atoms with E-state index in [2.05, 4.69) is 0 Å². The van der Waals surface area contributed by atoms with E-state index in [0.29, 0.717) is 13.4 Å². The standard InChI is InChI=1S/C9H12BO3/c1-6-4-8(12-3)5-7(2)9(6)13-10-11/h4-5,11H,1-3H3. The van der Waals surface area contributed by atoms with Gasteiger partial charge in [-0.25, -0.2) is 0 Å². The summed E-state index contributed by atoms with van der Waals surface area (Å²) in [4.78, 5) is 0. The van der Waals surface area contributed by atoms with Crippen LogP contribution in [0.15, 0.2) is 12.1 Å². The highest BCUT2D eigenvalue weighted by Crippen LogP contribution is 2.27. The van der Waals surface area contributed by atoms with Gasteiger partial charge in [0.15, 0.2) is 0 Å². The molecule has 0 saturated heterocycles. The van der Waals surface area contributed by atoms with Crippen molar-refractivity contribution in [3.8, 4) is 11.5 Å². The van der Waals surface area contributed by atoms with Gasteiger partial charge in [-0.2, -0.15) is 0 Å². The molecule has 0 bridgehead atoms. The summed E-state index contributed by atoms with van der Waals surface area (Å²) >= 11 is 0. The third-order valence-corrected chi connectivity index (χ3v) is 1.84. The first-order valence-corrected chi connectivity index (χ1v) is 3.97. The Morgan fingerprint density at radius 1 is 1.23 bits per heavy atom. The molecule has 0 heterocycles. The Morgan fingerprint density at radius 3 is 2.15 bits per heavy atom. The molecule has 1 radical (unpaired) electrons. The summed E-state index contributed by atoms with van der Waals surface area (Å²) < 4.78 is 10.0. The first-order valence-electron chi connectivity index (χ1n) is 3.97. The molecule has 0 atom stereocenters. The fourth-order valence-electron chi connectivity index (χ4n) is 1.27. The fourth-order valence-corrected chi connectivity index (χ4v) is 1.27. The minimum Gasteiger partial charge on any atom is -0.537 e. The van der Waals surface area contributed by atoms with E-state index in [4.69, 9.17) is 14.4 Å². The van der Waals surface area contributed by atoms with Crippen LogP contribution in [0.3, 0.4) is 0 Å². The molecule has 0 spiro atoms. The van der Waals surface area contributed by atoms with Crippen LogP contribution in [-0.4, -0.2) is 19.8 Å². The summed E-state index contributed by atoms with van der Waals surface area (Å²) in [5, 5.41) is 8.52. The van der Waals surface area contributed by atoms with E-state index in [1.54, 1.807) is 7.11 Å². The van der Waals surface area contributed by atoms with Crippen molar-refractivity contribution in [2.75, 3.05) is 7.11 Å². The van der Waals surface area contributed by atoms with Gasteiger partial charge in [0.2, 0.25) is 0 Å². The minimum atomic E-state index is 0.670. The van der Waals surface area contributed by atoms with Crippen molar-refractivity contribution in [2.24, 2.45) is 0 Å². The van der Waals surface area contributed by atoms with Gasteiger partial charge in [0.25, 0.3) is 0 Å². The van der Waals surface area contributed by atoms with E-state index in [1.807, 2.05) is 26.0 Å². The molecule has 0 amide bonds. The maximum atomic E-state index is 8.52. The summed E-state index contributed by atoms with van der Waals surface area (Å²) in [6.07, 6.45) is 0. The number of ether oxygens (including phenoxy) is 1. The van der Waals surface area contributed by atoms with Crippen LogP contribution in [-0.2, 0) is 0 Å². The van der Waals surface area contributed by atoms with Crippen LogP contribution < -0.4 is 9.39 Å². The SMILES string of the molecule is COc1cc(C)c(O[B]O)c(C)c1. The predicted molar refractivity (Wildman–Crippen MR) is 51.1 cm³/mol. The molecule has 0 aliphatic carbocycles. The molecule has 0 fully saturated rings. The van der Waals surface area contributed by atoms with Gasteiger partial charge in [-0.05, 0) is 37.1 Å². The van der Waals surface area contributed by atoms with E-state index >= 15 is 0 Å². The van der Waals surface area contributed by atoms with Gasteiger partial charge in [-0.3, -0.25) is 0 Å². The Hall–Kier alpha value is -1.16. The molecule has 0 unspecified atom stereocenters. The number of hydrogen-bond donors (Lipinski definition) is 1. The zero-order valence-corrected chi connectivity index (χ0v) is 8.00. The van der Waals surface area contributed by atoms with Gasteiger partial charge in [0.05, 0.1) is 7.11 Å². The third-order valence-electron chi connectivity index (χ3n) is 1.84. The Labute approximate surface area is 78.6 Å². The van der Waals surface area contributed by atoms with Crippen molar-refractivity contribution < 1.29 is 14.4 Å². The topological polar surface area (TPSA) is 38.7 Å². The summed E-state index contributed by atoms with van der Waals surface area (Å²) in [6.45, 7) is 3.79. The van der Waals surface area contributed by atoms with E-state index in [9.17, 15) is 0 Å². The summed E-state index contributed by atoms with van der Waals surface area (Å²) in [5.41, 5.74) is 1.87. The molecule has 1 aromatic carbocycles. The molecule has 13 heavy (non-hydrogen) atoms. The average Bonchev–Trinajstić information content (AvgIpc) is 2.11. The Kier molecular flexibility index (Phi) is 3.20. The summed E-state index contributed by atoms with van der Waals surface area (Å²) in [7, 11) is 2.30. The summed E-state index contributed by atoms with van der Waals surface area (Å²) in [6, 6.07) is 3.71. The van der Waals surface area contributed by atoms with Crippen LogP contribution in [0.4, 0.5) is 0 Å². The molecule has 4 heteroatoms. The second-order valence-electron chi connectivity index (χ2n) is 2.81. The Balaban J connectivity index is 3.07. The number of methoxy groups -OCH3 is 1. The van der Waals surface area contributed by atoms with Gasteiger partial charge in [-0.15, -0.1) is 0 Å². The van der Waals surface area contributed by atoms with Crippen molar-refractivity contribution in [2.45, 2.75) is 13.8 Å². The van der Waals surface area contributed by atoms with Gasteiger partial charge in [0.1, 0.15) is 11.5 Å². The molecule has 0 aliphatic heterocycles. The van der Waals surface area contributed by atoms with Crippen molar-refractivity contribution >= 4 is 7.69 Å². The quantitative estimate of drug-likeness (QED) is 0.708. The highest BCUT2D eigenvalue weighted by molar-refractivity contribution is 6.17. The lowest BCUT2D eigenvalue weighted by Crippen LogP contribution is -2.03. The van der Waals surface area contributed by atoms with Crippen molar-refractivity contribution in [3.05, 3.63) is 23.3 Å². The molecule has 0 saturated carbocycles. The maximum Gasteiger partial charge on any atom is 0.569 e. The van der Waals surface area contributed by atoms with Crippen LogP contribution in [0.5, 0.6) is 11.5 Å². The van der Waals surface area contributed by atoms with E-state index in [0.717, 1.165) is 16.9 Å². The highest BCUT2D eigenvalue weighted by atomic mass is 16.5. The molecule has 1 rings (SSSR count). The average molecular weight is 179 g/mol. The van der Waals surface area contributed by atoms with Gasteiger partial charge < -0.3 is 14.4 Å². The minimum absolute atomic E-state index is 0.670. The van der Waals surface area contributed by atoms with Crippen molar-refractivity contribution in [3.63, 3.8) is 0 Å². The smallest absolute Gasteiger partial charge is 0.537 e. The highest BCUT2D eigenvalue weighted by Gasteiger charge is 2.06. The molecule has 0 aromatic heterocycles. The van der Waals surface area contributed by atoms with Crippen LogP contribution >= 0.6 is 0 Å². The lowest BCUT2D eigenvalue weighted by molar-refractivity contribution is 0.411. The number of hydrogen-bond acceptors (Lipinski definition) is 3. The third kappa shape index (κ3) is 2.15. The monoisotopic (exact) mass is 179 g/mol. The zero-order valence-electron chi connectivity index (χ0n) is 8.00. The van der Waals surface area contributed by atoms with Gasteiger partial charge in [-0.1, -0.05) is 0 Å².